The highest BCUT2D eigenvalue weighted by molar-refractivity contribution is 5.74. The number of phenolic OH excluding ortho intramolecular Hbond substituents is 1. The SMILES string of the molecule is CN1CCC2CN(c3ccc(-c4ccc(-c5ccn(C)c(=O)c5)cc4O)nn3)CC21. The molecule has 30 heavy (non-hydrogen) atoms. The molecule has 2 aliphatic heterocycles. The van der Waals surface area contributed by atoms with Gasteiger partial charge < -0.3 is 19.5 Å². The van der Waals surface area contributed by atoms with Crippen molar-refractivity contribution in [3.05, 3.63) is 59.0 Å². The maximum Gasteiger partial charge on any atom is 0.250 e. The fourth-order valence-corrected chi connectivity index (χ4v) is 4.65. The fourth-order valence-electron chi connectivity index (χ4n) is 4.65. The number of phenols is 1. The van der Waals surface area contributed by atoms with Crippen LogP contribution in [0.1, 0.15) is 6.42 Å². The summed E-state index contributed by atoms with van der Waals surface area (Å²) in [5, 5.41) is 19.4. The standard InChI is InChI=1S/C23H25N5O2/c1-26-9-8-17-13-28(14-20(17)26)22-6-5-19(24-25-22)18-4-3-15(11-21(18)29)16-7-10-27(2)23(30)12-16/h3-7,10-12,17,20,29H,8-9,13-14H2,1-2H3. The van der Waals surface area contributed by atoms with Crippen molar-refractivity contribution in [1.29, 1.82) is 0 Å². The third-order valence-electron chi connectivity index (χ3n) is 6.51. The summed E-state index contributed by atoms with van der Waals surface area (Å²) in [5.41, 5.74) is 2.72. The fraction of sp³-hybridized carbons (Fsp3) is 0.348. The van der Waals surface area contributed by atoms with Crippen LogP contribution >= 0.6 is 0 Å². The number of rotatable bonds is 3. The zero-order chi connectivity index (χ0) is 20.8. The number of likely N-dealkylation sites (N-methyl/N-ethyl adjacent to an activating group) is 1. The van der Waals surface area contributed by atoms with Crippen LogP contribution in [0.3, 0.4) is 0 Å². The van der Waals surface area contributed by atoms with Crippen LogP contribution in [0.15, 0.2) is 53.5 Å². The second-order valence-electron chi connectivity index (χ2n) is 8.37. The molecular formula is C23H25N5O2. The van der Waals surface area contributed by atoms with Crippen LogP contribution in [0.5, 0.6) is 5.75 Å². The van der Waals surface area contributed by atoms with E-state index in [0.29, 0.717) is 23.2 Å². The number of likely N-dealkylation sites (tertiary alicyclic amines) is 1. The molecule has 1 N–H and O–H groups in total. The number of fused-ring (bicyclic) bond motifs is 1. The molecule has 0 aliphatic carbocycles. The zero-order valence-corrected chi connectivity index (χ0v) is 17.2. The second-order valence-corrected chi connectivity index (χ2v) is 8.37. The van der Waals surface area contributed by atoms with E-state index in [-0.39, 0.29) is 11.3 Å². The molecule has 5 rings (SSSR count). The first kappa shape index (κ1) is 18.8. The van der Waals surface area contributed by atoms with Gasteiger partial charge in [0.1, 0.15) is 5.75 Å². The largest absolute Gasteiger partial charge is 0.507 e. The number of hydrogen-bond donors (Lipinski definition) is 1. The minimum Gasteiger partial charge on any atom is -0.507 e. The Bertz CT molecular complexity index is 1140. The summed E-state index contributed by atoms with van der Waals surface area (Å²) in [7, 11) is 3.91. The van der Waals surface area contributed by atoms with E-state index in [1.807, 2.05) is 30.3 Å². The predicted octanol–water partition coefficient (Wildman–Crippen LogP) is 2.36. The lowest BCUT2D eigenvalue weighted by atomic mass is 10.0. The number of aryl methyl sites for hydroxylation is 1. The van der Waals surface area contributed by atoms with Crippen molar-refractivity contribution in [1.82, 2.24) is 19.7 Å². The molecule has 0 radical (unpaired) electrons. The van der Waals surface area contributed by atoms with E-state index in [9.17, 15) is 9.90 Å². The molecule has 2 atom stereocenters. The average molecular weight is 403 g/mol. The van der Waals surface area contributed by atoms with E-state index in [0.717, 1.165) is 30.0 Å². The van der Waals surface area contributed by atoms with Crippen LogP contribution in [0.2, 0.25) is 0 Å². The third-order valence-corrected chi connectivity index (χ3v) is 6.51. The number of nitrogens with zero attached hydrogens (tertiary/aromatic N) is 5. The first-order chi connectivity index (χ1) is 14.5. The minimum absolute atomic E-state index is 0.0882. The predicted molar refractivity (Wildman–Crippen MR) is 117 cm³/mol. The highest BCUT2D eigenvalue weighted by atomic mass is 16.3. The van der Waals surface area contributed by atoms with Crippen molar-refractivity contribution in [3.8, 4) is 28.1 Å². The normalized spacial score (nSPS) is 21.2. The summed E-state index contributed by atoms with van der Waals surface area (Å²) in [6.45, 7) is 3.20. The Kier molecular flexibility index (Phi) is 4.55. The van der Waals surface area contributed by atoms with E-state index < -0.39 is 0 Å². The Morgan fingerprint density at radius 1 is 1.00 bits per heavy atom. The highest BCUT2D eigenvalue weighted by Crippen LogP contribution is 2.34. The van der Waals surface area contributed by atoms with Crippen LogP contribution in [-0.2, 0) is 7.05 Å². The molecular weight excluding hydrogens is 378 g/mol. The van der Waals surface area contributed by atoms with Crippen LogP contribution in [0, 0.1) is 5.92 Å². The van der Waals surface area contributed by atoms with Gasteiger partial charge in [-0.2, -0.15) is 0 Å². The van der Waals surface area contributed by atoms with Gasteiger partial charge in [0.05, 0.1) is 5.69 Å². The molecule has 0 spiro atoms. The van der Waals surface area contributed by atoms with Gasteiger partial charge in [-0.05, 0) is 67.4 Å². The summed E-state index contributed by atoms with van der Waals surface area (Å²) in [6.07, 6.45) is 2.97. The number of hydrogen-bond acceptors (Lipinski definition) is 6. The third kappa shape index (κ3) is 3.25. The quantitative estimate of drug-likeness (QED) is 0.724. The molecule has 7 heteroatoms. The van der Waals surface area contributed by atoms with Gasteiger partial charge in [0.25, 0.3) is 5.56 Å². The van der Waals surface area contributed by atoms with Gasteiger partial charge in [0.15, 0.2) is 5.82 Å². The molecule has 2 aliphatic rings. The average Bonchev–Trinajstić information content (AvgIpc) is 3.32. The highest BCUT2D eigenvalue weighted by Gasteiger charge is 2.40. The molecule has 1 aromatic carbocycles. The Hall–Kier alpha value is -3.19. The molecule has 2 fully saturated rings. The van der Waals surface area contributed by atoms with Crippen LogP contribution in [0.25, 0.3) is 22.4 Å². The first-order valence-electron chi connectivity index (χ1n) is 10.3. The summed E-state index contributed by atoms with van der Waals surface area (Å²) in [4.78, 5) is 16.6. The number of pyridine rings is 1. The molecule has 154 valence electrons. The van der Waals surface area contributed by atoms with E-state index >= 15 is 0 Å². The molecule has 2 unspecified atom stereocenters. The Morgan fingerprint density at radius 2 is 1.83 bits per heavy atom. The van der Waals surface area contributed by atoms with Crippen LogP contribution < -0.4 is 10.5 Å². The summed E-state index contributed by atoms with van der Waals surface area (Å²) >= 11 is 0. The van der Waals surface area contributed by atoms with Crippen molar-refractivity contribution < 1.29 is 5.11 Å². The van der Waals surface area contributed by atoms with E-state index in [4.69, 9.17) is 0 Å². The summed E-state index contributed by atoms with van der Waals surface area (Å²) < 4.78 is 1.51. The van der Waals surface area contributed by atoms with Crippen molar-refractivity contribution in [2.24, 2.45) is 13.0 Å². The van der Waals surface area contributed by atoms with Gasteiger partial charge in [0, 0.05) is 44.0 Å². The van der Waals surface area contributed by atoms with Gasteiger partial charge in [-0.15, -0.1) is 10.2 Å². The Balaban J connectivity index is 1.37. The number of anilines is 1. The lowest BCUT2D eigenvalue weighted by Crippen LogP contribution is -2.32. The van der Waals surface area contributed by atoms with Crippen molar-refractivity contribution in [3.63, 3.8) is 0 Å². The van der Waals surface area contributed by atoms with Crippen molar-refractivity contribution in [2.75, 3.05) is 31.6 Å². The minimum atomic E-state index is -0.0882. The molecule has 0 bridgehead atoms. The molecule has 0 saturated carbocycles. The van der Waals surface area contributed by atoms with Gasteiger partial charge in [-0.3, -0.25) is 4.79 Å². The topological polar surface area (TPSA) is 74.5 Å². The molecule has 3 aromatic rings. The molecule has 4 heterocycles. The van der Waals surface area contributed by atoms with Gasteiger partial charge in [-0.25, -0.2) is 0 Å². The van der Waals surface area contributed by atoms with Gasteiger partial charge in [0.2, 0.25) is 0 Å². The summed E-state index contributed by atoms with van der Waals surface area (Å²) in [6, 6.07) is 13.3. The molecule has 2 saturated heterocycles. The van der Waals surface area contributed by atoms with E-state index in [1.165, 1.54) is 17.5 Å². The maximum atomic E-state index is 11.9. The zero-order valence-electron chi connectivity index (χ0n) is 17.2. The van der Waals surface area contributed by atoms with E-state index in [1.54, 1.807) is 25.4 Å². The van der Waals surface area contributed by atoms with E-state index in [2.05, 4.69) is 27.0 Å². The summed E-state index contributed by atoms with van der Waals surface area (Å²) in [5.74, 6) is 1.72. The van der Waals surface area contributed by atoms with Crippen molar-refractivity contribution >= 4 is 5.82 Å². The van der Waals surface area contributed by atoms with Gasteiger partial charge >= 0.3 is 0 Å². The number of benzene rings is 1. The number of aromatic hydroxyl groups is 1. The molecule has 0 amide bonds. The Labute approximate surface area is 175 Å². The lowest BCUT2D eigenvalue weighted by Gasteiger charge is -2.21. The first-order valence-corrected chi connectivity index (χ1v) is 10.3. The number of aromatic nitrogens is 3. The Morgan fingerprint density at radius 3 is 2.53 bits per heavy atom. The molecule has 2 aromatic heterocycles. The van der Waals surface area contributed by atoms with Crippen LogP contribution in [0.4, 0.5) is 5.82 Å². The maximum absolute atomic E-state index is 11.9. The van der Waals surface area contributed by atoms with Crippen molar-refractivity contribution in [2.45, 2.75) is 12.5 Å². The lowest BCUT2D eigenvalue weighted by molar-refractivity contribution is 0.310. The second kappa shape index (κ2) is 7.25. The van der Waals surface area contributed by atoms with Crippen LogP contribution in [-0.4, -0.2) is 57.5 Å². The van der Waals surface area contributed by atoms with Gasteiger partial charge in [-0.1, -0.05) is 6.07 Å². The monoisotopic (exact) mass is 403 g/mol. The smallest absolute Gasteiger partial charge is 0.250 e. The molecule has 7 nitrogen and oxygen atoms in total.